The normalized spacial score (nSPS) is 15.7. The Balaban J connectivity index is 4.44. The van der Waals surface area contributed by atoms with Gasteiger partial charge in [0.2, 0.25) is 6.41 Å². The molecule has 0 aliphatic heterocycles. The van der Waals surface area contributed by atoms with E-state index in [4.69, 9.17) is 15.6 Å². The highest BCUT2D eigenvalue weighted by molar-refractivity contribution is 5.73. The maximum atomic E-state index is 10.7. The van der Waals surface area contributed by atoms with Crippen LogP contribution in [-0.4, -0.2) is 35.4 Å². The minimum absolute atomic E-state index is 0.340. The molecule has 0 aliphatic carbocycles. The number of carbonyl (C=O) groups is 2. The van der Waals surface area contributed by atoms with E-state index in [0.717, 1.165) is 0 Å². The van der Waals surface area contributed by atoms with E-state index < -0.39 is 23.8 Å². The first-order chi connectivity index (χ1) is 6.28. The van der Waals surface area contributed by atoms with E-state index in [1.807, 2.05) is 0 Å². The fraction of sp³-hybridized carbons (Fsp3) is 0.750. The van der Waals surface area contributed by atoms with Crippen LogP contribution in [-0.2, 0) is 14.3 Å². The SMILES string of the molecule is CC(C)(C)OC(C(=O)O)C(N)NC=O. The van der Waals surface area contributed by atoms with Crippen LogP contribution in [0.5, 0.6) is 0 Å². The summed E-state index contributed by atoms with van der Waals surface area (Å²) in [5, 5.41) is 10.9. The van der Waals surface area contributed by atoms with E-state index in [0.29, 0.717) is 6.41 Å². The molecule has 0 saturated heterocycles. The minimum atomic E-state index is -1.25. The molecule has 0 rings (SSSR count). The van der Waals surface area contributed by atoms with Crippen LogP contribution in [0.3, 0.4) is 0 Å². The van der Waals surface area contributed by atoms with Crippen LogP contribution in [0.4, 0.5) is 0 Å². The summed E-state index contributed by atoms with van der Waals surface area (Å²) in [4.78, 5) is 20.8. The molecular formula is C8H16N2O4. The van der Waals surface area contributed by atoms with Gasteiger partial charge in [0, 0.05) is 0 Å². The average Bonchev–Trinajstić information content (AvgIpc) is 1.98. The van der Waals surface area contributed by atoms with Gasteiger partial charge in [-0.05, 0) is 20.8 Å². The molecule has 0 radical (unpaired) electrons. The zero-order chi connectivity index (χ0) is 11.4. The Morgan fingerprint density at radius 3 is 2.36 bits per heavy atom. The molecule has 6 heteroatoms. The van der Waals surface area contributed by atoms with Crippen molar-refractivity contribution in [3.63, 3.8) is 0 Å². The van der Waals surface area contributed by atoms with Crippen molar-refractivity contribution in [3.8, 4) is 0 Å². The van der Waals surface area contributed by atoms with Crippen molar-refractivity contribution in [2.24, 2.45) is 5.73 Å². The Kier molecular flexibility index (Phi) is 4.52. The fourth-order valence-electron chi connectivity index (χ4n) is 0.824. The molecule has 0 aromatic rings. The molecule has 4 N–H and O–H groups in total. The maximum Gasteiger partial charge on any atom is 0.336 e. The van der Waals surface area contributed by atoms with Gasteiger partial charge in [0.15, 0.2) is 6.10 Å². The lowest BCUT2D eigenvalue weighted by Crippen LogP contribution is -2.53. The topological polar surface area (TPSA) is 102 Å². The third-order valence-corrected chi connectivity index (χ3v) is 1.31. The standard InChI is InChI=1S/C8H16N2O4/c1-8(2,3)14-5(7(12)13)6(9)10-4-11/h4-6H,9H2,1-3H3,(H,10,11)(H,12,13). The fourth-order valence-corrected chi connectivity index (χ4v) is 0.824. The van der Waals surface area contributed by atoms with Gasteiger partial charge in [0.05, 0.1) is 5.60 Å². The van der Waals surface area contributed by atoms with Gasteiger partial charge in [-0.3, -0.25) is 4.79 Å². The van der Waals surface area contributed by atoms with Crippen LogP contribution in [0.2, 0.25) is 0 Å². The second kappa shape index (κ2) is 4.92. The lowest BCUT2D eigenvalue weighted by atomic mass is 10.1. The number of amides is 1. The molecule has 14 heavy (non-hydrogen) atoms. The number of nitrogens with one attached hydrogen (secondary N) is 1. The lowest BCUT2D eigenvalue weighted by Gasteiger charge is -2.28. The van der Waals surface area contributed by atoms with Crippen molar-refractivity contribution < 1.29 is 19.4 Å². The van der Waals surface area contributed by atoms with Crippen LogP contribution in [0, 0.1) is 0 Å². The Labute approximate surface area is 82.4 Å². The van der Waals surface area contributed by atoms with Gasteiger partial charge in [0.1, 0.15) is 6.17 Å². The highest BCUT2D eigenvalue weighted by Gasteiger charge is 2.30. The van der Waals surface area contributed by atoms with E-state index in [-0.39, 0.29) is 0 Å². The molecule has 0 aromatic heterocycles. The zero-order valence-corrected chi connectivity index (χ0v) is 8.48. The van der Waals surface area contributed by atoms with Crippen molar-refractivity contribution in [2.75, 3.05) is 0 Å². The number of rotatable bonds is 5. The van der Waals surface area contributed by atoms with Gasteiger partial charge >= 0.3 is 5.97 Å². The summed E-state index contributed by atoms with van der Waals surface area (Å²) >= 11 is 0. The molecule has 0 aromatic carbocycles. The second-order valence-corrected chi connectivity index (χ2v) is 3.80. The highest BCUT2D eigenvalue weighted by atomic mass is 16.5. The zero-order valence-electron chi connectivity index (χ0n) is 8.48. The van der Waals surface area contributed by atoms with E-state index in [9.17, 15) is 9.59 Å². The number of aliphatic carboxylic acids is 1. The third kappa shape index (κ3) is 4.78. The summed E-state index contributed by atoms with van der Waals surface area (Å²) in [5.74, 6) is -1.21. The van der Waals surface area contributed by atoms with Crippen molar-refractivity contribution in [3.05, 3.63) is 0 Å². The molecule has 1 amide bonds. The molecule has 0 saturated carbocycles. The molecule has 0 bridgehead atoms. The second-order valence-electron chi connectivity index (χ2n) is 3.80. The van der Waals surface area contributed by atoms with Gasteiger partial charge in [-0.25, -0.2) is 4.79 Å². The maximum absolute atomic E-state index is 10.7. The summed E-state index contributed by atoms with van der Waals surface area (Å²) in [5.41, 5.74) is 4.75. The summed E-state index contributed by atoms with van der Waals surface area (Å²) < 4.78 is 5.17. The Morgan fingerprint density at radius 1 is 1.57 bits per heavy atom. The third-order valence-electron chi connectivity index (χ3n) is 1.31. The first-order valence-corrected chi connectivity index (χ1v) is 4.14. The minimum Gasteiger partial charge on any atom is -0.479 e. The quantitative estimate of drug-likeness (QED) is 0.405. The number of hydrogen-bond donors (Lipinski definition) is 3. The van der Waals surface area contributed by atoms with Crippen LogP contribution < -0.4 is 11.1 Å². The summed E-state index contributed by atoms with van der Waals surface area (Å²) in [6.45, 7) is 5.11. The molecule has 0 aliphatic rings. The monoisotopic (exact) mass is 204 g/mol. The van der Waals surface area contributed by atoms with E-state index in [1.54, 1.807) is 20.8 Å². The molecule has 6 nitrogen and oxygen atoms in total. The number of carboxylic acids is 1. The summed E-state index contributed by atoms with van der Waals surface area (Å²) in [6.07, 6.45) is -1.96. The van der Waals surface area contributed by atoms with Gasteiger partial charge in [-0.15, -0.1) is 0 Å². The molecule has 82 valence electrons. The average molecular weight is 204 g/mol. The van der Waals surface area contributed by atoms with Crippen molar-refractivity contribution >= 4 is 12.4 Å². The molecule has 2 atom stereocenters. The number of ether oxygens (including phenoxy) is 1. The van der Waals surface area contributed by atoms with Crippen LogP contribution >= 0.6 is 0 Å². The number of hydrogen-bond acceptors (Lipinski definition) is 4. The first kappa shape index (κ1) is 12.9. The van der Waals surface area contributed by atoms with E-state index >= 15 is 0 Å². The van der Waals surface area contributed by atoms with E-state index in [2.05, 4.69) is 5.32 Å². The molecule has 0 heterocycles. The van der Waals surface area contributed by atoms with E-state index in [1.165, 1.54) is 0 Å². The Bertz CT molecular complexity index is 212. The number of nitrogens with two attached hydrogens (primary N) is 1. The smallest absolute Gasteiger partial charge is 0.336 e. The first-order valence-electron chi connectivity index (χ1n) is 4.14. The van der Waals surface area contributed by atoms with Crippen LogP contribution in [0.15, 0.2) is 0 Å². The van der Waals surface area contributed by atoms with Crippen LogP contribution in [0.25, 0.3) is 0 Å². The Hall–Kier alpha value is -1.14. The van der Waals surface area contributed by atoms with Crippen molar-refractivity contribution in [2.45, 2.75) is 38.6 Å². The number of carbonyl (C=O) groups excluding carboxylic acids is 1. The van der Waals surface area contributed by atoms with Gasteiger partial charge in [-0.2, -0.15) is 0 Å². The molecule has 2 unspecified atom stereocenters. The predicted octanol–water partition coefficient (Wildman–Crippen LogP) is -0.714. The predicted molar refractivity (Wildman–Crippen MR) is 49.4 cm³/mol. The van der Waals surface area contributed by atoms with Crippen molar-refractivity contribution in [1.82, 2.24) is 5.32 Å². The summed E-state index contributed by atoms with van der Waals surface area (Å²) in [6, 6.07) is 0. The van der Waals surface area contributed by atoms with Gasteiger partial charge < -0.3 is 20.9 Å². The van der Waals surface area contributed by atoms with Gasteiger partial charge in [-0.1, -0.05) is 0 Å². The highest BCUT2D eigenvalue weighted by Crippen LogP contribution is 2.11. The van der Waals surface area contributed by atoms with Gasteiger partial charge in [0.25, 0.3) is 0 Å². The molecular weight excluding hydrogens is 188 g/mol. The largest absolute Gasteiger partial charge is 0.479 e. The van der Waals surface area contributed by atoms with Crippen LogP contribution in [0.1, 0.15) is 20.8 Å². The van der Waals surface area contributed by atoms with Crippen molar-refractivity contribution in [1.29, 1.82) is 0 Å². The molecule has 0 spiro atoms. The summed E-state index contributed by atoms with van der Waals surface area (Å²) in [7, 11) is 0. The number of carboxylic acid groups (broad SMARTS) is 1. The molecule has 0 fully saturated rings. The Morgan fingerprint density at radius 2 is 2.07 bits per heavy atom. The lowest BCUT2D eigenvalue weighted by molar-refractivity contribution is -0.163.